The molecule has 0 saturated heterocycles. The maximum Gasteiger partial charge on any atom is 0.220 e. The number of fused-ring (bicyclic) bond motifs is 1. The standard InChI is InChI=1S/C22H27NO4/c1-2-25-19-8-4-3-6-18(19)7-5-13-23-22(24)12-10-17-9-11-20-21(16-17)27-15-14-26-20/h3-4,6,8-9,11,16H,2,5,7,10,12-15H2,1H3,(H,23,24). The predicted molar refractivity (Wildman–Crippen MR) is 105 cm³/mol. The van der Waals surface area contributed by atoms with Crippen LogP contribution in [-0.2, 0) is 17.6 Å². The third kappa shape index (κ3) is 5.64. The van der Waals surface area contributed by atoms with Gasteiger partial charge >= 0.3 is 0 Å². The molecule has 1 aliphatic heterocycles. The molecule has 1 N–H and O–H groups in total. The highest BCUT2D eigenvalue weighted by Gasteiger charge is 2.12. The largest absolute Gasteiger partial charge is 0.494 e. The van der Waals surface area contributed by atoms with Gasteiger partial charge in [0.1, 0.15) is 19.0 Å². The van der Waals surface area contributed by atoms with Crippen LogP contribution < -0.4 is 19.5 Å². The summed E-state index contributed by atoms with van der Waals surface area (Å²) in [6.07, 6.45) is 2.93. The van der Waals surface area contributed by atoms with Crippen LogP contribution in [0.2, 0.25) is 0 Å². The SMILES string of the molecule is CCOc1ccccc1CCCNC(=O)CCc1ccc2c(c1)OCCO2. The highest BCUT2D eigenvalue weighted by Crippen LogP contribution is 2.31. The molecule has 0 unspecified atom stereocenters. The summed E-state index contributed by atoms with van der Waals surface area (Å²) in [5.41, 5.74) is 2.27. The van der Waals surface area contributed by atoms with Crippen LogP contribution in [0.1, 0.15) is 30.9 Å². The fourth-order valence-corrected chi connectivity index (χ4v) is 3.10. The number of carbonyl (C=O) groups excluding carboxylic acids is 1. The van der Waals surface area contributed by atoms with Gasteiger partial charge < -0.3 is 19.5 Å². The highest BCUT2D eigenvalue weighted by atomic mass is 16.6. The number of ether oxygens (including phenoxy) is 3. The Bertz CT molecular complexity index is 760. The summed E-state index contributed by atoms with van der Waals surface area (Å²) < 4.78 is 16.7. The second kappa shape index (κ2) is 9.86. The van der Waals surface area contributed by atoms with E-state index in [4.69, 9.17) is 14.2 Å². The molecule has 1 heterocycles. The Morgan fingerprint density at radius 1 is 1.07 bits per heavy atom. The lowest BCUT2D eigenvalue weighted by molar-refractivity contribution is -0.121. The molecule has 0 aromatic heterocycles. The highest BCUT2D eigenvalue weighted by molar-refractivity contribution is 5.76. The fourth-order valence-electron chi connectivity index (χ4n) is 3.10. The Morgan fingerprint density at radius 2 is 1.89 bits per heavy atom. The number of carbonyl (C=O) groups is 1. The third-order valence-electron chi connectivity index (χ3n) is 4.46. The van der Waals surface area contributed by atoms with Gasteiger partial charge in [-0.05, 0) is 55.5 Å². The Kier molecular flexibility index (Phi) is 6.97. The van der Waals surface area contributed by atoms with Gasteiger partial charge in [-0.2, -0.15) is 0 Å². The van der Waals surface area contributed by atoms with Crippen LogP contribution in [0.4, 0.5) is 0 Å². The van der Waals surface area contributed by atoms with Crippen molar-refractivity contribution in [1.82, 2.24) is 5.32 Å². The van der Waals surface area contributed by atoms with Crippen molar-refractivity contribution in [3.05, 3.63) is 53.6 Å². The molecule has 5 nitrogen and oxygen atoms in total. The minimum atomic E-state index is 0.0722. The van der Waals surface area contributed by atoms with E-state index < -0.39 is 0 Å². The van der Waals surface area contributed by atoms with E-state index in [1.54, 1.807) is 0 Å². The first-order valence-corrected chi connectivity index (χ1v) is 9.62. The summed E-state index contributed by atoms with van der Waals surface area (Å²) in [5, 5.41) is 3.00. The van der Waals surface area contributed by atoms with Gasteiger partial charge in [0.2, 0.25) is 5.91 Å². The average Bonchev–Trinajstić information content (AvgIpc) is 2.71. The molecule has 1 aliphatic rings. The Hall–Kier alpha value is -2.69. The van der Waals surface area contributed by atoms with Crippen molar-refractivity contribution in [2.75, 3.05) is 26.4 Å². The van der Waals surface area contributed by atoms with E-state index in [-0.39, 0.29) is 5.91 Å². The summed E-state index contributed by atoms with van der Waals surface area (Å²) in [4.78, 5) is 12.1. The van der Waals surface area contributed by atoms with Crippen LogP contribution in [0.3, 0.4) is 0 Å². The Balaban J connectivity index is 1.38. The number of nitrogens with one attached hydrogen (secondary N) is 1. The van der Waals surface area contributed by atoms with Crippen molar-refractivity contribution in [1.29, 1.82) is 0 Å². The predicted octanol–water partition coefficient (Wildman–Crippen LogP) is 3.54. The van der Waals surface area contributed by atoms with E-state index in [1.165, 1.54) is 5.56 Å². The van der Waals surface area contributed by atoms with Gasteiger partial charge in [-0.3, -0.25) is 4.79 Å². The van der Waals surface area contributed by atoms with Gasteiger partial charge in [-0.25, -0.2) is 0 Å². The lowest BCUT2D eigenvalue weighted by Crippen LogP contribution is -2.25. The zero-order valence-electron chi connectivity index (χ0n) is 15.8. The van der Waals surface area contributed by atoms with Crippen LogP contribution in [-0.4, -0.2) is 32.3 Å². The lowest BCUT2D eigenvalue weighted by Gasteiger charge is -2.18. The van der Waals surface area contributed by atoms with Gasteiger partial charge in [0.25, 0.3) is 0 Å². The summed E-state index contributed by atoms with van der Waals surface area (Å²) in [6.45, 7) is 4.47. The van der Waals surface area contributed by atoms with Crippen molar-refractivity contribution < 1.29 is 19.0 Å². The fraction of sp³-hybridized carbons (Fsp3) is 0.409. The summed E-state index contributed by atoms with van der Waals surface area (Å²) in [5.74, 6) is 2.56. The molecule has 1 amide bonds. The van der Waals surface area contributed by atoms with E-state index in [1.807, 2.05) is 43.3 Å². The number of benzene rings is 2. The number of rotatable bonds is 9. The van der Waals surface area contributed by atoms with E-state index in [2.05, 4.69) is 11.4 Å². The Labute approximate surface area is 160 Å². The average molecular weight is 369 g/mol. The molecule has 27 heavy (non-hydrogen) atoms. The second-order valence-corrected chi connectivity index (χ2v) is 6.47. The summed E-state index contributed by atoms with van der Waals surface area (Å²) in [7, 11) is 0. The van der Waals surface area contributed by atoms with E-state index in [0.717, 1.165) is 35.7 Å². The molecule has 5 heteroatoms. The molecule has 0 atom stereocenters. The summed E-state index contributed by atoms with van der Waals surface area (Å²) in [6, 6.07) is 13.9. The van der Waals surface area contributed by atoms with Gasteiger partial charge in [-0.15, -0.1) is 0 Å². The van der Waals surface area contributed by atoms with Crippen LogP contribution in [0.15, 0.2) is 42.5 Å². The topological polar surface area (TPSA) is 56.8 Å². The first-order chi connectivity index (χ1) is 13.3. The number of amides is 1. The number of aryl methyl sites for hydroxylation is 2. The lowest BCUT2D eigenvalue weighted by atomic mass is 10.1. The van der Waals surface area contributed by atoms with Crippen LogP contribution in [0, 0.1) is 0 Å². The molecule has 0 spiro atoms. The molecule has 144 valence electrons. The first kappa shape index (κ1) is 19.1. The molecule has 0 bridgehead atoms. The van der Waals surface area contributed by atoms with E-state index in [0.29, 0.717) is 39.2 Å². The molecule has 2 aromatic rings. The molecular formula is C22H27NO4. The second-order valence-electron chi connectivity index (χ2n) is 6.47. The maximum absolute atomic E-state index is 12.1. The molecule has 3 rings (SSSR count). The first-order valence-electron chi connectivity index (χ1n) is 9.62. The molecule has 0 aliphatic carbocycles. The van der Waals surface area contributed by atoms with Gasteiger partial charge in [0.15, 0.2) is 11.5 Å². The monoisotopic (exact) mass is 369 g/mol. The van der Waals surface area contributed by atoms with Crippen molar-refractivity contribution in [2.24, 2.45) is 0 Å². The van der Waals surface area contributed by atoms with Crippen LogP contribution in [0.5, 0.6) is 17.2 Å². The number of hydrogen-bond acceptors (Lipinski definition) is 4. The van der Waals surface area contributed by atoms with E-state index in [9.17, 15) is 4.79 Å². The van der Waals surface area contributed by atoms with Gasteiger partial charge in [0.05, 0.1) is 6.61 Å². The van der Waals surface area contributed by atoms with Crippen molar-refractivity contribution in [2.45, 2.75) is 32.6 Å². The quantitative estimate of drug-likeness (QED) is 0.687. The van der Waals surface area contributed by atoms with Crippen LogP contribution in [0.25, 0.3) is 0 Å². The van der Waals surface area contributed by atoms with Crippen LogP contribution >= 0.6 is 0 Å². The molecule has 0 saturated carbocycles. The van der Waals surface area contributed by atoms with Gasteiger partial charge in [-0.1, -0.05) is 24.3 Å². The minimum absolute atomic E-state index is 0.0722. The minimum Gasteiger partial charge on any atom is -0.494 e. The van der Waals surface area contributed by atoms with Crippen molar-refractivity contribution in [3.8, 4) is 17.2 Å². The zero-order chi connectivity index (χ0) is 18.9. The smallest absolute Gasteiger partial charge is 0.220 e. The molecule has 0 radical (unpaired) electrons. The molecule has 2 aromatic carbocycles. The molecular weight excluding hydrogens is 342 g/mol. The molecule has 0 fully saturated rings. The zero-order valence-corrected chi connectivity index (χ0v) is 15.8. The normalized spacial score (nSPS) is 12.5. The number of para-hydroxylation sites is 1. The summed E-state index contributed by atoms with van der Waals surface area (Å²) >= 11 is 0. The van der Waals surface area contributed by atoms with Crippen molar-refractivity contribution in [3.63, 3.8) is 0 Å². The van der Waals surface area contributed by atoms with Gasteiger partial charge in [0, 0.05) is 13.0 Å². The third-order valence-corrected chi connectivity index (χ3v) is 4.46. The van der Waals surface area contributed by atoms with E-state index >= 15 is 0 Å². The maximum atomic E-state index is 12.1. The number of hydrogen-bond donors (Lipinski definition) is 1. The Morgan fingerprint density at radius 3 is 2.74 bits per heavy atom. The van der Waals surface area contributed by atoms with Crippen molar-refractivity contribution >= 4 is 5.91 Å².